The quantitative estimate of drug-likeness (QED) is 0.0752. The van der Waals surface area contributed by atoms with Crippen molar-refractivity contribution in [3.63, 3.8) is 0 Å². The van der Waals surface area contributed by atoms with E-state index in [9.17, 15) is 5.11 Å². The summed E-state index contributed by atoms with van der Waals surface area (Å²) >= 11 is 0. The molecule has 1 saturated heterocycles. The number of halogens is 4. The summed E-state index contributed by atoms with van der Waals surface area (Å²) in [4.78, 5) is 9.42. The number of aliphatic hydroxyl groups is 1. The van der Waals surface area contributed by atoms with Crippen LogP contribution in [0.5, 0.6) is 5.75 Å². The van der Waals surface area contributed by atoms with E-state index in [-0.39, 0.29) is 67.5 Å². The molecule has 292 valence electrons. The Bertz CT molecular complexity index is 2050. The molecule has 5 nitrogen and oxygen atoms in total. The molecule has 0 radical (unpaired) electrons. The van der Waals surface area contributed by atoms with Crippen LogP contribution in [-0.4, -0.2) is 50.7 Å². The van der Waals surface area contributed by atoms with Gasteiger partial charge in [0.25, 0.3) is 8.32 Å². The summed E-state index contributed by atoms with van der Waals surface area (Å²) in [6, 6.07) is 7.51. The van der Waals surface area contributed by atoms with Gasteiger partial charge < -0.3 is 14.4 Å². The molecule has 3 aromatic carbocycles. The number of nitrogens with zero attached hydrogens (tertiary/aromatic N) is 3. The fraction of sp³-hybridized carbons (Fsp3) is 0.535. The molecular formula is C43H57F4N3O2Si2. The van der Waals surface area contributed by atoms with Crippen molar-refractivity contribution < 1.29 is 27.1 Å². The second kappa shape index (κ2) is 15.9. The van der Waals surface area contributed by atoms with E-state index in [0.717, 1.165) is 6.07 Å². The lowest BCUT2D eigenvalue weighted by molar-refractivity contribution is 0.154. The molecule has 0 bridgehead atoms. The lowest BCUT2D eigenvalue weighted by atomic mass is 9.92. The standard InChI is InChI=1S/C43H57F4N3O2Si2/c1-24(2)53(25(3)4,26(5)6)19-17-33-36(44)16-15-30-20-32(52-54(27(7)8,28(9)10)29(11)12)21-34(38(30)33)39-37(45)22-35-41(40(39)46)48-43(47)49-42(35)50-18-13-14-31(51)23-50/h15-16,20-22,24-29,31,51H,13-14,18,23H2,1-12H3. The van der Waals surface area contributed by atoms with Crippen LogP contribution in [0.1, 0.15) is 101 Å². The maximum absolute atomic E-state index is 17.2. The first-order valence-corrected chi connectivity index (χ1v) is 23.9. The van der Waals surface area contributed by atoms with Crippen LogP contribution in [0, 0.1) is 35.0 Å². The molecule has 1 atom stereocenters. The van der Waals surface area contributed by atoms with Crippen LogP contribution >= 0.6 is 0 Å². The summed E-state index contributed by atoms with van der Waals surface area (Å²) in [7, 11) is -4.94. The van der Waals surface area contributed by atoms with Crippen LogP contribution in [0.15, 0.2) is 30.3 Å². The summed E-state index contributed by atoms with van der Waals surface area (Å²) in [5, 5.41) is 11.1. The van der Waals surface area contributed by atoms with E-state index in [1.165, 1.54) is 6.07 Å². The Labute approximate surface area is 321 Å². The molecule has 0 amide bonds. The van der Waals surface area contributed by atoms with Gasteiger partial charge in [-0.2, -0.15) is 14.4 Å². The normalized spacial score (nSPS) is 15.8. The average molecular weight is 780 g/mol. The fourth-order valence-electron chi connectivity index (χ4n) is 9.74. The van der Waals surface area contributed by atoms with Gasteiger partial charge in [0.05, 0.1) is 17.2 Å². The van der Waals surface area contributed by atoms with Gasteiger partial charge in [0.2, 0.25) is 0 Å². The molecule has 54 heavy (non-hydrogen) atoms. The third-order valence-corrected chi connectivity index (χ3v) is 24.4. The lowest BCUT2D eigenvalue weighted by Gasteiger charge is -2.42. The van der Waals surface area contributed by atoms with Gasteiger partial charge in [0.1, 0.15) is 36.8 Å². The summed E-state index contributed by atoms with van der Waals surface area (Å²) in [5.41, 5.74) is 4.26. The minimum atomic E-state index is -2.57. The van der Waals surface area contributed by atoms with Crippen LogP contribution < -0.4 is 9.33 Å². The first-order valence-electron chi connectivity index (χ1n) is 19.5. The zero-order chi connectivity index (χ0) is 40.0. The van der Waals surface area contributed by atoms with Gasteiger partial charge in [-0.1, -0.05) is 95.1 Å². The van der Waals surface area contributed by atoms with Gasteiger partial charge >= 0.3 is 6.08 Å². The summed E-state index contributed by atoms with van der Waals surface area (Å²) in [6.07, 6.45) is -0.696. The highest BCUT2D eigenvalue weighted by Gasteiger charge is 2.47. The van der Waals surface area contributed by atoms with Crippen LogP contribution in [0.3, 0.4) is 0 Å². The highest BCUT2D eigenvalue weighted by atomic mass is 28.4. The van der Waals surface area contributed by atoms with Crippen molar-refractivity contribution >= 4 is 43.9 Å². The van der Waals surface area contributed by atoms with Crippen molar-refractivity contribution in [1.82, 2.24) is 9.97 Å². The molecule has 1 aliphatic rings. The molecule has 1 unspecified atom stereocenters. The summed E-state index contributed by atoms with van der Waals surface area (Å²) < 4.78 is 72.6. The van der Waals surface area contributed by atoms with Crippen molar-refractivity contribution in [2.24, 2.45) is 0 Å². The van der Waals surface area contributed by atoms with E-state index in [1.54, 1.807) is 17.0 Å². The van der Waals surface area contributed by atoms with Crippen molar-refractivity contribution in [2.75, 3.05) is 18.0 Å². The molecule has 1 N–H and O–H groups in total. The number of β-amino-alcohol motifs (C(OH)–C–C–N with tert-alkyl or cyclic N) is 1. The molecule has 1 aliphatic heterocycles. The van der Waals surface area contributed by atoms with Gasteiger partial charge in [-0.15, -0.1) is 5.54 Å². The minimum absolute atomic E-state index is 0.0130. The second-order valence-electron chi connectivity index (χ2n) is 17.1. The molecule has 1 fully saturated rings. The molecule has 0 spiro atoms. The molecule has 1 aromatic heterocycles. The number of anilines is 1. The number of piperidine rings is 1. The number of fused-ring (bicyclic) bond motifs is 2. The third kappa shape index (κ3) is 7.30. The van der Waals surface area contributed by atoms with E-state index < -0.39 is 57.1 Å². The van der Waals surface area contributed by atoms with Crippen molar-refractivity contribution in [3.8, 4) is 28.3 Å². The monoisotopic (exact) mass is 779 g/mol. The Morgan fingerprint density at radius 1 is 0.796 bits per heavy atom. The molecular weight excluding hydrogens is 723 g/mol. The Morgan fingerprint density at radius 2 is 1.41 bits per heavy atom. The molecule has 4 aromatic rings. The fourth-order valence-corrected chi connectivity index (χ4v) is 20.2. The zero-order valence-electron chi connectivity index (χ0n) is 34.0. The predicted molar refractivity (Wildman–Crippen MR) is 219 cm³/mol. The first-order chi connectivity index (χ1) is 25.3. The first kappa shape index (κ1) is 41.7. The van der Waals surface area contributed by atoms with Gasteiger partial charge in [-0.25, -0.2) is 13.2 Å². The Morgan fingerprint density at radius 3 is 1.96 bits per heavy atom. The highest BCUT2D eigenvalue weighted by molar-refractivity contribution is 6.90. The number of benzene rings is 3. The topological polar surface area (TPSA) is 58.5 Å². The third-order valence-electron chi connectivity index (χ3n) is 12.1. The maximum atomic E-state index is 17.2. The van der Waals surface area contributed by atoms with Crippen LogP contribution in [-0.2, 0) is 0 Å². The number of aliphatic hydroxyl groups excluding tert-OH is 1. The van der Waals surface area contributed by atoms with Crippen LogP contribution in [0.4, 0.5) is 23.4 Å². The number of rotatable bonds is 10. The maximum Gasteiger partial charge on any atom is 0.311 e. The van der Waals surface area contributed by atoms with E-state index in [4.69, 9.17) is 4.43 Å². The van der Waals surface area contributed by atoms with Crippen LogP contribution in [0.25, 0.3) is 32.8 Å². The van der Waals surface area contributed by atoms with Gasteiger partial charge in [0.15, 0.2) is 5.82 Å². The molecule has 11 heteroatoms. The van der Waals surface area contributed by atoms with E-state index >= 15 is 17.6 Å². The Hall–Kier alpha value is -3.47. The Kier molecular flexibility index (Phi) is 12.3. The van der Waals surface area contributed by atoms with Gasteiger partial charge in [0, 0.05) is 29.4 Å². The molecule has 5 rings (SSSR count). The largest absolute Gasteiger partial charge is 0.543 e. The van der Waals surface area contributed by atoms with Gasteiger partial charge in [-0.05, 0) is 75.7 Å². The van der Waals surface area contributed by atoms with Crippen LogP contribution in [0.2, 0.25) is 33.2 Å². The van der Waals surface area contributed by atoms with Crippen molar-refractivity contribution in [1.29, 1.82) is 0 Å². The summed E-state index contributed by atoms with van der Waals surface area (Å²) in [6.45, 7) is 26.5. The molecule has 0 aliphatic carbocycles. The van der Waals surface area contributed by atoms with Crippen molar-refractivity contribution in [3.05, 3.63) is 59.4 Å². The summed E-state index contributed by atoms with van der Waals surface area (Å²) in [5.74, 6) is 1.07. The van der Waals surface area contributed by atoms with E-state index in [0.29, 0.717) is 30.5 Å². The van der Waals surface area contributed by atoms with E-state index in [2.05, 4.69) is 105 Å². The number of hydrogen-bond donors (Lipinski definition) is 1. The second-order valence-corrected chi connectivity index (χ2v) is 28.0. The van der Waals surface area contributed by atoms with Crippen molar-refractivity contribution in [2.45, 2.75) is 135 Å². The SMILES string of the molecule is CC(C)[Si](C#Cc1c(F)ccc2cc(O[Si](C(C)C)(C(C)C)C(C)C)cc(-c3c(F)cc4c(N5CCCC(O)C5)nc(F)nc4c3F)c12)(C(C)C)C(C)C. The molecule has 2 heterocycles. The highest BCUT2D eigenvalue weighted by Crippen LogP contribution is 2.47. The Balaban J connectivity index is 1.91. The van der Waals surface area contributed by atoms with Gasteiger partial charge in [-0.3, -0.25) is 0 Å². The minimum Gasteiger partial charge on any atom is -0.543 e. The number of hydrogen-bond acceptors (Lipinski definition) is 5. The lowest BCUT2D eigenvalue weighted by Crippen LogP contribution is -2.50. The smallest absolute Gasteiger partial charge is 0.311 e. The average Bonchev–Trinajstić information content (AvgIpc) is 3.07. The number of aromatic nitrogens is 2. The molecule has 0 saturated carbocycles. The zero-order valence-corrected chi connectivity index (χ0v) is 36.0. The van der Waals surface area contributed by atoms with E-state index in [1.807, 2.05) is 6.07 Å². The predicted octanol–water partition coefficient (Wildman–Crippen LogP) is 12.1.